The van der Waals surface area contributed by atoms with Crippen LogP contribution in [-0.4, -0.2) is 54.3 Å². The normalized spacial score (nSPS) is 25.4. The van der Waals surface area contributed by atoms with Gasteiger partial charge < -0.3 is 24.4 Å². The topological polar surface area (TPSA) is 123 Å². The van der Waals surface area contributed by atoms with Crippen molar-refractivity contribution in [1.29, 1.82) is 0 Å². The van der Waals surface area contributed by atoms with Crippen LogP contribution >= 0.6 is 0 Å². The molecule has 0 saturated heterocycles. The number of carboxylic acids is 2. The van der Waals surface area contributed by atoms with E-state index in [2.05, 4.69) is 18.2 Å². The molecule has 9 nitrogen and oxygen atoms in total. The monoisotopic (exact) mass is 615 g/mol. The summed E-state index contributed by atoms with van der Waals surface area (Å²) in [5.41, 5.74) is -0.498. The highest BCUT2D eigenvalue weighted by Crippen LogP contribution is 2.61. The Bertz CT molecular complexity index is 1580. The Labute approximate surface area is 263 Å². The zero-order chi connectivity index (χ0) is 31.9. The van der Waals surface area contributed by atoms with Crippen molar-refractivity contribution < 1.29 is 38.8 Å². The fraction of sp³-hybridized carbons (Fsp3) is 0.472. The number of benzene rings is 3. The molecule has 4 aliphatic carbocycles. The number of carboxylic acid groups (broad SMARTS) is 2. The largest absolute Gasteiger partial charge is 0.481 e. The van der Waals surface area contributed by atoms with Crippen molar-refractivity contribution in [2.45, 2.75) is 75.7 Å². The molecule has 0 spiro atoms. The van der Waals surface area contributed by atoms with E-state index in [0.29, 0.717) is 0 Å². The van der Waals surface area contributed by atoms with Crippen LogP contribution in [0.15, 0.2) is 60.7 Å². The standard InChI is InChI=1S/C36H41NO8/c1-22(43-2)45-31-7-5-4-6-30(31)33(40)37(36(44-3,34(41)42)13-12-32(38)39)29-11-9-26-8-10-28(17-27(26)18-29)35-19-23-14-24(20-35)16-25(15-23)21-35/h4-11,17-18,22-25H,12-16,19-21H2,1-3H3,(H,38,39)(H,41,42)/t22?,23?,24?,25?,35?,36-/m1/s1. The predicted molar refractivity (Wildman–Crippen MR) is 168 cm³/mol. The number of hydrogen-bond donors (Lipinski definition) is 2. The molecule has 0 aromatic heterocycles. The molecule has 1 unspecified atom stereocenters. The number of ether oxygens (including phenoxy) is 3. The summed E-state index contributed by atoms with van der Waals surface area (Å²) in [5, 5.41) is 22.0. The summed E-state index contributed by atoms with van der Waals surface area (Å²) in [6, 6.07) is 18.4. The number of methoxy groups -OCH3 is 2. The van der Waals surface area contributed by atoms with Gasteiger partial charge in [0.05, 0.1) is 12.0 Å². The summed E-state index contributed by atoms with van der Waals surface area (Å²) in [4.78, 5) is 40.3. The first kappa shape index (κ1) is 31.0. The van der Waals surface area contributed by atoms with Crippen molar-refractivity contribution >= 4 is 34.3 Å². The molecule has 4 saturated carbocycles. The third-order valence-electron chi connectivity index (χ3n) is 10.4. The molecule has 0 aliphatic heterocycles. The summed E-state index contributed by atoms with van der Waals surface area (Å²) in [7, 11) is 2.65. The lowest BCUT2D eigenvalue weighted by Gasteiger charge is -2.57. The fourth-order valence-corrected chi connectivity index (χ4v) is 8.62. The molecule has 45 heavy (non-hydrogen) atoms. The maximum Gasteiger partial charge on any atom is 0.358 e. The molecule has 238 valence electrons. The van der Waals surface area contributed by atoms with Crippen LogP contribution in [0, 0.1) is 17.8 Å². The lowest BCUT2D eigenvalue weighted by Crippen LogP contribution is -2.59. The summed E-state index contributed by atoms with van der Waals surface area (Å²) in [5.74, 6) is -0.863. The zero-order valence-electron chi connectivity index (χ0n) is 26.0. The van der Waals surface area contributed by atoms with Crippen LogP contribution in [0.3, 0.4) is 0 Å². The molecule has 9 heteroatoms. The van der Waals surface area contributed by atoms with E-state index in [9.17, 15) is 24.6 Å². The highest BCUT2D eigenvalue weighted by Gasteiger charge is 2.52. The first-order valence-corrected chi connectivity index (χ1v) is 15.7. The smallest absolute Gasteiger partial charge is 0.358 e. The minimum atomic E-state index is -2.32. The molecule has 7 rings (SSSR count). The quantitative estimate of drug-likeness (QED) is 0.218. The summed E-state index contributed by atoms with van der Waals surface area (Å²) < 4.78 is 16.7. The first-order chi connectivity index (χ1) is 21.6. The van der Waals surface area contributed by atoms with Crippen molar-refractivity contribution in [1.82, 2.24) is 0 Å². The fourth-order valence-electron chi connectivity index (χ4n) is 8.62. The Morgan fingerprint density at radius 3 is 2.16 bits per heavy atom. The molecule has 2 atom stereocenters. The molecule has 3 aromatic carbocycles. The van der Waals surface area contributed by atoms with E-state index >= 15 is 0 Å². The summed E-state index contributed by atoms with van der Waals surface area (Å²) >= 11 is 0. The minimum Gasteiger partial charge on any atom is -0.481 e. The van der Waals surface area contributed by atoms with E-state index in [1.807, 2.05) is 12.1 Å². The van der Waals surface area contributed by atoms with Gasteiger partial charge in [-0.3, -0.25) is 14.5 Å². The Balaban J connectivity index is 1.48. The van der Waals surface area contributed by atoms with Crippen LogP contribution in [-0.2, 0) is 24.5 Å². The van der Waals surface area contributed by atoms with Gasteiger partial charge in [0.15, 0.2) is 6.29 Å². The van der Waals surface area contributed by atoms with Crippen molar-refractivity contribution in [2.24, 2.45) is 17.8 Å². The van der Waals surface area contributed by atoms with E-state index in [1.54, 1.807) is 37.3 Å². The Kier molecular flexibility index (Phi) is 8.35. The molecular formula is C36H41NO8. The van der Waals surface area contributed by atoms with Crippen LogP contribution in [0.2, 0.25) is 0 Å². The molecule has 0 heterocycles. The van der Waals surface area contributed by atoms with Gasteiger partial charge in [0.1, 0.15) is 5.75 Å². The average Bonchev–Trinajstić information content (AvgIpc) is 3.01. The lowest BCUT2D eigenvalue weighted by molar-refractivity contribution is -0.163. The highest BCUT2D eigenvalue weighted by atomic mass is 16.7. The third-order valence-corrected chi connectivity index (χ3v) is 10.4. The van der Waals surface area contributed by atoms with Gasteiger partial charge in [0.25, 0.3) is 5.91 Å². The van der Waals surface area contributed by atoms with E-state index < -0.39 is 42.7 Å². The van der Waals surface area contributed by atoms with Crippen LogP contribution in [0.25, 0.3) is 10.8 Å². The maximum atomic E-state index is 14.5. The molecule has 2 N–H and O–H groups in total. The van der Waals surface area contributed by atoms with Gasteiger partial charge >= 0.3 is 11.9 Å². The number of anilines is 1. The van der Waals surface area contributed by atoms with Gasteiger partial charge in [-0.2, -0.15) is 0 Å². The number of aliphatic carboxylic acids is 2. The predicted octanol–water partition coefficient (Wildman–Crippen LogP) is 6.62. The Morgan fingerprint density at radius 2 is 1.56 bits per heavy atom. The lowest BCUT2D eigenvalue weighted by atomic mass is 9.48. The minimum absolute atomic E-state index is 0.0850. The zero-order valence-corrected chi connectivity index (χ0v) is 26.0. The van der Waals surface area contributed by atoms with Crippen LogP contribution in [0.1, 0.15) is 74.2 Å². The van der Waals surface area contributed by atoms with Crippen LogP contribution in [0.4, 0.5) is 5.69 Å². The summed E-state index contributed by atoms with van der Waals surface area (Å²) in [6.45, 7) is 1.67. The maximum absolute atomic E-state index is 14.5. The number of rotatable bonds is 12. The van der Waals surface area contributed by atoms with Crippen molar-refractivity contribution in [3.8, 4) is 5.75 Å². The van der Waals surface area contributed by atoms with Gasteiger partial charge in [-0.15, -0.1) is 0 Å². The first-order valence-electron chi connectivity index (χ1n) is 15.7. The van der Waals surface area contributed by atoms with E-state index in [1.165, 1.54) is 58.3 Å². The molecule has 3 aromatic rings. The number of para-hydroxylation sites is 1. The second kappa shape index (κ2) is 12.1. The SMILES string of the molecule is COC(C)Oc1ccccc1C(=O)N(c1ccc2ccc(C34CC5CC(CC(C5)C3)C4)cc2c1)[C@](CCC(=O)O)(OC)C(=O)O. The van der Waals surface area contributed by atoms with Crippen LogP contribution in [0.5, 0.6) is 5.75 Å². The van der Waals surface area contributed by atoms with Gasteiger partial charge in [-0.1, -0.05) is 36.4 Å². The van der Waals surface area contributed by atoms with Crippen molar-refractivity contribution in [3.05, 3.63) is 71.8 Å². The number of carbonyl (C=O) groups is 3. The molecule has 1 amide bonds. The molecular weight excluding hydrogens is 574 g/mol. The Hall–Kier alpha value is -3.95. The van der Waals surface area contributed by atoms with E-state index in [-0.39, 0.29) is 22.4 Å². The third kappa shape index (κ3) is 5.68. The van der Waals surface area contributed by atoms with Gasteiger partial charge in [0.2, 0.25) is 5.72 Å². The molecule has 4 fully saturated rings. The van der Waals surface area contributed by atoms with Crippen molar-refractivity contribution in [2.75, 3.05) is 19.1 Å². The average molecular weight is 616 g/mol. The van der Waals surface area contributed by atoms with Gasteiger partial charge in [0, 0.05) is 26.3 Å². The number of hydrogen-bond acceptors (Lipinski definition) is 6. The van der Waals surface area contributed by atoms with Gasteiger partial charge in [-0.05, 0) is 109 Å². The molecule has 4 aliphatic rings. The van der Waals surface area contributed by atoms with E-state index in [4.69, 9.17) is 14.2 Å². The van der Waals surface area contributed by atoms with Gasteiger partial charge in [-0.25, -0.2) is 4.79 Å². The Morgan fingerprint density at radius 1 is 0.911 bits per heavy atom. The van der Waals surface area contributed by atoms with Crippen LogP contribution < -0.4 is 9.64 Å². The second-order valence-corrected chi connectivity index (χ2v) is 13.2. The molecule has 4 bridgehead atoms. The molecule has 0 radical (unpaired) electrons. The van der Waals surface area contributed by atoms with E-state index in [0.717, 1.165) is 33.4 Å². The number of amides is 1. The number of carbonyl (C=O) groups excluding carboxylic acids is 1. The summed E-state index contributed by atoms with van der Waals surface area (Å²) in [6.07, 6.45) is 5.92. The van der Waals surface area contributed by atoms with Crippen molar-refractivity contribution in [3.63, 3.8) is 0 Å². The second-order valence-electron chi connectivity index (χ2n) is 13.2. The highest BCUT2D eigenvalue weighted by molar-refractivity contribution is 6.12. The number of fused-ring (bicyclic) bond motifs is 1. The number of nitrogens with zero attached hydrogens (tertiary/aromatic N) is 1.